The number of aliphatic imine (C=N–C) groups is 1. The number of aryl methyl sites for hydroxylation is 1. The Labute approximate surface area is 198 Å². The highest BCUT2D eigenvalue weighted by molar-refractivity contribution is 6.12. The van der Waals surface area contributed by atoms with Gasteiger partial charge in [-0.1, -0.05) is 34.8 Å². The number of carbonyl (C=O) groups excluding carboxylic acids is 1. The van der Waals surface area contributed by atoms with Crippen molar-refractivity contribution in [3.05, 3.63) is 77.1 Å². The van der Waals surface area contributed by atoms with Crippen LogP contribution in [-0.2, 0) is 11.2 Å². The summed E-state index contributed by atoms with van der Waals surface area (Å²) in [5, 5.41) is 3.36. The molecule has 34 heavy (non-hydrogen) atoms. The van der Waals surface area contributed by atoms with Crippen molar-refractivity contribution in [1.82, 2.24) is 15.0 Å². The maximum Gasteiger partial charge on any atom is 0.225 e. The molecule has 0 spiro atoms. The zero-order valence-electron chi connectivity index (χ0n) is 19.0. The molecule has 0 amide bonds. The molecule has 8 heteroatoms. The van der Waals surface area contributed by atoms with Crippen LogP contribution in [0.1, 0.15) is 21.5 Å². The number of fused-ring (bicyclic) bond motifs is 1. The highest BCUT2D eigenvalue weighted by Gasteiger charge is 2.22. The number of hydrogen-bond acceptors (Lipinski definition) is 8. The first-order chi connectivity index (χ1) is 16.7. The standard InChI is InChI=1S/C26H25N6O2/c1-18-4-2-5-19(14-18)7-9-28-26-30-22-15-21(24(33)20-6-3-8-27-16-20)17-29-23(22)25(31-26)32-10-12-34-13-11-32/h2-6,14-17H,7,9-13H2,1H3,(H,28,30,31)/q+1. The Hall–Kier alpha value is -4.00. The number of nitrogens with zero attached hydrogens (tertiary/aromatic N) is 5. The van der Waals surface area contributed by atoms with Crippen molar-refractivity contribution in [2.24, 2.45) is 4.99 Å². The molecule has 170 valence electrons. The fourth-order valence-electron chi connectivity index (χ4n) is 4.01. The molecule has 2 aromatic heterocycles. The van der Waals surface area contributed by atoms with E-state index in [0.29, 0.717) is 47.9 Å². The molecule has 0 atom stereocenters. The zero-order chi connectivity index (χ0) is 23.3. The Kier molecular flexibility index (Phi) is 6.33. The molecule has 0 bridgehead atoms. The second kappa shape index (κ2) is 9.87. The molecule has 1 fully saturated rings. The number of hydrogen-bond donors (Lipinski definition) is 1. The van der Waals surface area contributed by atoms with Crippen molar-refractivity contribution in [2.75, 3.05) is 43.1 Å². The van der Waals surface area contributed by atoms with E-state index in [1.54, 1.807) is 24.4 Å². The van der Waals surface area contributed by atoms with Gasteiger partial charge in [-0.2, -0.15) is 4.98 Å². The summed E-state index contributed by atoms with van der Waals surface area (Å²) in [6.07, 6.45) is 9.94. The Bertz CT molecular complexity index is 1310. The van der Waals surface area contributed by atoms with Crippen LogP contribution in [-0.4, -0.2) is 59.8 Å². The van der Waals surface area contributed by atoms with E-state index in [4.69, 9.17) is 14.7 Å². The number of Topliss-reactive ketones (excluding diaryl/α,β-unsaturated/α-hetero) is 1. The van der Waals surface area contributed by atoms with Gasteiger partial charge in [0.15, 0.2) is 23.8 Å². The molecular formula is C26H25N6O2+. The normalized spacial score (nSPS) is 15.2. The number of allylic oxidation sites excluding steroid dienone is 3. The average Bonchev–Trinajstić information content (AvgIpc) is 2.88. The number of anilines is 2. The van der Waals surface area contributed by atoms with Crippen LogP contribution in [0.3, 0.4) is 0 Å². The van der Waals surface area contributed by atoms with Gasteiger partial charge in [-0.3, -0.25) is 4.79 Å². The average molecular weight is 454 g/mol. The van der Waals surface area contributed by atoms with Crippen LogP contribution in [0.5, 0.6) is 0 Å². The van der Waals surface area contributed by atoms with Crippen molar-refractivity contribution >= 4 is 34.8 Å². The second-order valence-electron chi connectivity index (χ2n) is 8.23. The minimum absolute atomic E-state index is 0.156. The van der Waals surface area contributed by atoms with Gasteiger partial charge in [0.2, 0.25) is 11.7 Å². The van der Waals surface area contributed by atoms with Gasteiger partial charge < -0.3 is 15.0 Å². The third-order valence-corrected chi connectivity index (χ3v) is 5.75. The van der Waals surface area contributed by atoms with Crippen LogP contribution in [0.25, 0.3) is 11.0 Å². The Balaban J connectivity index is 1.45. The van der Waals surface area contributed by atoms with Crippen molar-refractivity contribution in [3.63, 3.8) is 0 Å². The number of ketones is 1. The first-order valence-corrected chi connectivity index (χ1v) is 11.3. The maximum atomic E-state index is 12.9. The minimum Gasteiger partial charge on any atom is -0.378 e. The second-order valence-corrected chi connectivity index (χ2v) is 8.23. The number of pyridine rings is 1. The summed E-state index contributed by atoms with van der Waals surface area (Å²) in [6.45, 7) is 5.50. The van der Waals surface area contributed by atoms with E-state index in [0.717, 1.165) is 25.3 Å². The predicted octanol–water partition coefficient (Wildman–Crippen LogP) is 3.41. The molecule has 1 aromatic carbocycles. The largest absolute Gasteiger partial charge is 0.378 e. The van der Waals surface area contributed by atoms with Crippen LogP contribution in [0.15, 0.2) is 65.4 Å². The van der Waals surface area contributed by atoms with Crippen molar-refractivity contribution < 1.29 is 9.53 Å². The first kappa shape index (κ1) is 21.8. The number of rotatable bonds is 7. The number of morpholine rings is 1. The van der Waals surface area contributed by atoms with Crippen LogP contribution < -0.4 is 10.2 Å². The van der Waals surface area contributed by atoms with Gasteiger partial charge >= 0.3 is 0 Å². The molecule has 2 aliphatic heterocycles. The molecule has 0 aliphatic carbocycles. The molecule has 2 aliphatic rings. The van der Waals surface area contributed by atoms with Crippen LogP contribution >= 0.6 is 0 Å². The SMILES string of the molecule is Cc1cccc(CCNc2nc(N3CCOCC3)c3ncc(C(=O)C4=CN=[C+]C=C4)cc3n2)c1. The Morgan fingerprint density at radius 2 is 2.09 bits per heavy atom. The molecular weight excluding hydrogens is 428 g/mol. The predicted molar refractivity (Wildman–Crippen MR) is 133 cm³/mol. The third-order valence-electron chi connectivity index (χ3n) is 5.75. The minimum atomic E-state index is -0.156. The van der Waals surface area contributed by atoms with Crippen LogP contribution in [0.2, 0.25) is 0 Å². The van der Waals surface area contributed by atoms with Crippen LogP contribution in [0, 0.1) is 6.92 Å². The van der Waals surface area contributed by atoms with Gasteiger partial charge in [-0.05, 0) is 25.0 Å². The van der Waals surface area contributed by atoms with E-state index in [2.05, 4.69) is 57.6 Å². The Morgan fingerprint density at radius 3 is 2.88 bits per heavy atom. The number of ether oxygens (including phenoxy) is 1. The van der Waals surface area contributed by atoms with Gasteiger partial charge in [-0.15, -0.1) is 0 Å². The van der Waals surface area contributed by atoms with Crippen molar-refractivity contribution in [1.29, 1.82) is 0 Å². The van der Waals surface area contributed by atoms with Crippen molar-refractivity contribution in [3.8, 4) is 0 Å². The van der Waals surface area contributed by atoms with E-state index in [9.17, 15) is 4.79 Å². The number of benzene rings is 1. The maximum absolute atomic E-state index is 12.9. The topological polar surface area (TPSA) is 92.6 Å². The van der Waals surface area contributed by atoms with Gasteiger partial charge in [0, 0.05) is 31.4 Å². The van der Waals surface area contributed by atoms with E-state index < -0.39 is 0 Å². The molecule has 1 N–H and O–H groups in total. The number of carbonyl (C=O) groups is 1. The van der Waals surface area contributed by atoms with Gasteiger partial charge in [-0.25, -0.2) is 9.97 Å². The molecule has 3 aromatic rings. The summed E-state index contributed by atoms with van der Waals surface area (Å²) in [7, 11) is 0. The van der Waals surface area contributed by atoms with Gasteiger partial charge in [0.25, 0.3) is 0 Å². The van der Waals surface area contributed by atoms with Crippen LogP contribution in [0.4, 0.5) is 11.8 Å². The van der Waals surface area contributed by atoms with E-state index in [-0.39, 0.29) is 5.78 Å². The monoisotopic (exact) mass is 453 g/mol. The summed E-state index contributed by atoms with van der Waals surface area (Å²) in [6, 6.07) is 10.2. The van der Waals surface area contributed by atoms with Gasteiger partial charge in [0.05, 0.1) is 24.8 Å². The quantitative estimate of drug-likeness (QED) is 0.433. The fourth-order valence-corrected chi connectivity index (χ4v) is 4.01. The molecule has 0 radical (unpaired) electrons. The highest BCUT2D eigenvalue weighted by Crippen LogP contribution is 2.26. The third kappa shape index (κ3) is 4.83. The smallest absolute Gasteiger partial charge is 0.225 e. The lowest BCUT2D eigenvalue weighted by atomic mass is 10.0. The number of aromatic nitrogens is 3. The Morgan fingerprint density at radius 1 is 1.21 bits per heavy atom. The highest BCUT2D eigenvalue weighted by atomic mass is 16.5. The van der Waals surface area contributed by atoms with E-state index >= 15 is 0 Å². The summed E-state index contributed by atoms with van der Waals surface area (Å²) < 4.78 is 5.51. The molecule has 8 nitrogen and oxygen atoms in total. The molecule has 0 unspecified atom stereocenters. The van der Waals surface area contributed by atoms with Crippen molar-refractivity contribution in [2.45, 2.75) is 13.3 Å². The summed E-state index contributed by atoms with van der Waals surface area (Å²) >= 11 is 0. The number of nitrogens with one attached hydrogen (secondary N) is 1. The summed E-state index contributed by atoms with van der Waals surface area (Å²) in [5.41, 5.74) is 4.73. The van der Waals surface area contributed by atoms with E-state index in [1.165, 1.54) is 17.3 Å². The lowest BCUT2D eigenvalue weighted by Gasteiger charge is -2.28. The summed E-state index contributed by atoms with van der Waals surface area (Å²) in [4.78, 5) is 33.1. The molecule has 4 heterocycles. The summed E-state index contributed by atoms with van der Waals surface area (Å²) in [5.74, 6) is 1.11. The molecule has 1 saturated heterocycles. The zero-order valence-corrected chi connectivity index (χ0v) is 19.0. The first-order valence-electron chi connectivity index (χ1n) is 11.3. The lowest BCUT2D eigenvalue weighted by Crippen LogP contribution is -2.37. The van der Waals surface area contributed by atoms with Gasteiger partial charge in [0.1, 0.15) is 11.6 Å². The molecule has 5 rings (SSSR count). The van der Waals surface area contributed by atoms with E-state index in [1.807, 2.05) is 0 Å². The molecule has 0 saturated carbocycles. The lowest BCUT2D eigenvalue weighted by molar-refractivity contribution is 0.103. The fraction of sp³-hybridized carbons (Fsp3) is 0.269.